The molecule has 2 aromatic heterocycles. The van der Waals surface area contributed by atoms with Crippen molar-refractivity contribution >= 4 is 17.8 Å². The first-order valence-electron chi connectivity index (χ1n) is 18.8. The predicted octanol–water partition coefficient (Wildman–Crippen LogP) is 8.29. The summed E-state index contributed by atoms with van der Waals surface area (Å²) in [6.45, 7) is 12.9. The molecule has 9 heteroatoms. The first kappa shape index (κ1) is 34.6. The second-order valence-electron chi connectivity index (χ2n) is 17.0. The molecule has 0 unspecified atom stereocenters. The Labute approximate surface area is 297 Å². The number of hydrogen-bond acceptors (Lipinski definition) is 6. The SMILES string of the molecule is COc1ccc(C23CCC(CN(C(=O)C4CCC(OC(=O)N5CC(C)C5)CC4)c4cc(-c5cnn(C(C)(C)C)c5)ccn4)(CC2)CC3)cc1C. The number of methoxy groups -OCH3 is 1. The summed E-state index contributed by atoms with van der Waals surface area (Å²) in [7, 11) is 1.74. The van der Waals surface area contributed by atoms with Crippen LogP contribution in [0.2, 0.25) is 0 Å². The van der Waals surface area contributed by atoms with Gasteiger partial charge in [-0.1, -0.05) is 19.1 Å². The Balaban J connectivity index is 1.10. The topological polar surface area (TPSA) is 89.8 Å². The molecule has 1 aliphatic heterocycles. The van der Waals surface area contributed by atoms with Crippen LogP contribution < -0.4 is 9.64 Å². The molecule has 1 saturated heterocycles. The second-order valence-corrected chi connectivity index (χ2v) is 17.0. The third-order valence-corrected chi connectivity index (χ3v) is 12.4. The molecule has 5 aliphatic rings. The van der Waals surface area contributed by atoms with E-state index in [0.29, 0.717) is 38.1 Å². The highest BCUT2D eigenvalue weighted by molar-refractivity contribution is 5.95. The Bertz CT molecular complexity index is 1690. The van der Waals surface area contributed by atoms with Gasteiger partial charge in [-0.25, -0.2) is 9.78 Å². The summed E-state index contributed by atoms with van der Waals surface area (Å²) in [6, 6.07) is 10.8. The fraction of sp³-hybridized carbons (Fsp3) is 0.610. The van der Waals surface area contributed by atoms with E-state index in [4.69, 9.17) is 14.5 Å². The van der Waals surface area contributed by atoms with Gasteiger partial charge in [-0.3, -0.25) is 14.4 Å². The zero-order valence-electron chi connectivity index (χ0n) is 30.9. The maximum Gasteiger partial charge on any atom is 0.410 e. The molecular weight excluding hydrogens is 626 g/mol. The molecule has 268 valence electrons. The molecule has 50 heavy (non-hydrogen) atoms. The molecule has 0 radical (unpaired) electrons. The lowest BCUT2D eigenvalue weighted by Gasteiger charge is -2.55. The van der Waals surface area contributed by atoms with Crippen LogP contribution in [-0.2, 0) is 20.5 Å². The third kappa shape index (κ3) is 6.76. The van der Waals surface area contributed by atoms with Crippen molar-refractivity contribution in [1.29, 1.82) is 0 Å². The zero-order valence-corrected chi connectivity index (χ0v) is 30.9. The smallest absolute Gasteiger partial charge is 0.410 e. The summed E-state index contributed by atoms with van der Waals surface area (Å²) in [6.07, 6.45) is 15.0. The summed E-state index contributed by atoms with van der Waals surface area (Å²) in [4.78, 5) is 36.0. The normalized spacial score (nSPS) is 26.7. The summed E-state index contributed by atoms with van der Waals surface area (Å²) in [5.74, 6) is 2.24. The van der Waals surface area contributed by atoms with Crippen LogP contribution in [-0.4, -0.2) is 64.5 Å². The number of amides is 2. The molecule has 3 aromatic rings. The molecule has 8 rings (SSSR count). The average Bonchev–Trinajstić information content (AvgIpc) is 3.62. The van der Waals surface area contributed by atoms with Gasteiger partial charge in [0.2, 0.25) is 5.91 Å². The van der Waals surface area contributed by atoms with Gasteiger partial charge < -0.3 is 14.4 Å². The number of pyridine rings is 1. The van der Waals surface area contributed by atoms with Crippen LogP contribution in [0.25, 0.3) is 11.1 Å². The van der Waals surface area contributed by atoms with Gasteiger partial charge in [0, 0.05) is 43.5 Å². The Hall–Kier alpha value is -3.88. The first-order valence-corrected chi connectivity index (χ1v) is 18.8. The number of anilines is 1. The molecule has 2 bridgehead atoms. The van der Waals surface area contributed by atoms with Gasteiger partial charge in [-0.2, -0.15) is 5.10 Å². The van der Waals surface area contributed by atoms with Crippen LogP contribution in [0.4, 0.5) is 10.6 Å². The van der Waals surface area contributed by atoms with Gasteiger partial charge in [-0.15, -0.1) is 0 Å². The minimum atomic E-state index is -0.204. The van der Waals surface area contributed by atoms with Gasteiger partial charge in [-0.05, 0) is 144 Å². The number of carbonyl (C=O) groups is 2. The van der Waals surface area contributed by atoms with Crippen LogP contribution in [0.15, 0.2) is 48.9 Å². The van der Waals surface area contributed by atoms with Gasteiger partial charge in [0.05, 0.1) is 18.8 Å². The number of rotatable bonds is 8. The number of aromatic nitrogens is 3. The number of aryl methyl sites for hydroxylation is 1. The lowest BCUT2D eigenvalue weighted by Crippen LogP contribution is -2.52. The highest BCUT2D eigenvalue weighted by Crippen LogP contribution is 2.58. The zero-order chi connectivity index (χ0) is 35.3. The predicted molar refractivity (Wildman–Crippen MR) is 195 cm³/mol. The van der Waals surface area contributed by atoms with Crippen LogP contribution in [0.1, 0.15) is 103 Å². The molecular formula is C41H55N5O4. The molecule has 9 nitrogen and oxygen atoms in total. The number of nitrogens with zero attached hydrogens (tertiary/aromatic N) is 5. The van der Waals surface area contributed by atoms with Crippen LogP contribution >= 0.6 is 0 Å². The van der Waals surface area contributed by atoms with E-state index in [1.54, 1.807) is 12.0 Å². The highest BCUT2D eigenvalue weighted by Gasteiger charge is 2.51. The maximum absolute atomic E-state index is 14.7. The Morgan fingerprint density at radius 1 is 0.960 bits per heavy atom. The number of hydrogen-bond donors (Lipinski definition) is 0. The molecule has 2 amide bonds. The van der Waals surface area contributed by atoms with E-state index >= 15 is 0 Å². The quantitative estimate of drug-likeness (QED) is 0.238. The molecule has 4 saturated carbocycles. The molecule has 5 fully saturated rings. The number of likely N-dealkylation sites (tertiary alicyclic amines) is 1. The third-order valence-electron chi connectivity index (χ3n) is 12.4. The monoisotopic (exact) mass is 681 g/mol. The van der Waals surface area contributed by atoms with E-state index in [2.05, 4.69) is 70.2 Å². The molecule has 0 atom stereocenters. The molecule has 1 aromatic carbocycles. The summed E-state index contributed by atoms with van der Waals surface area (Å²) >= 11 is 0. The van der Waals surface area contributed by atoms with Crippen LogP contribution in [0.3, 0.4) is 0 Å². The van der Waals surface area contributed by atoms with Crippen molar-refractivity contribution in [3.05, 3.63) is 60.0 Å². The van der Waals surface area contributed by atoms with Crippen molar-refractivity contribution in [3.8, 4) is 16.9 Å². The van der Waals surface area contributed by atoms with Gasteiger partial charge in [0.15, 0.2) is 0 Å². The Morgan fingerprint density at radius 2 is 1.66 bits per heavy atom. The van der Waals surface area contributed by atoms with Crippen LogP contribution in [0, 0.1) is 24.2 Å². The lowest BCUT2D eigenvalue weighted by atomic mass is 9.51. The van der Waals surface area contributed by atoms with E-state index < -0.39 is 0 Å². The van der Waals surface area contributed by atoms with Crippen molar-refractivity contribution in [3.63, 3.8) is 0 Å². The van der Waals surface area contributed by atoms with Crippen molar-refractivity contribution in [2.24, 2.45) is 17.3 Å². The highest BCUT2D eigenvalue weighted by atomic mass is 16.6. The number of fused-ring (bicyclic) bond motifs is 3. The molecule has 3 heterocycles. The van der Waals surface area contributed by atoms with Crippen molar-refractivity contribution in [2.45, 2.75) is 116 Å². The fourth-order valence-corrected chi connectivity index (χ4v) is 9.05. The summed E-state index contributed by atoms with van der Waals surface area (Å²) in [5.41, 5.74) is 4.79. The van der Waals surface area contributed by atoms with E-state index in [9.17, 15) is 9.59 Å². The van der Waals surface area contributed by atoms with Gasteiger partial charge in [0.1, 0.15) is 17.7 Å². The van der Waals surface area contributed by atoms with Crippen molar-refractivity contribution in [2.75, 3.05) is 31.6 Å². The Kier molecular flexibility index (Phi) is 9.23. The second kappa shape index (κ2) is 13.3. The van der Waals surface area contributed by atoms with Crippen molar-refractivity contribution in [1.82, 2.24) is 19.7 Å². The minimum absolute atomic E-state index is 0.0643. The minimum Gasteiger partial charge on any atom is -0.496 e. The number of carbonyl (C=O) groups excluding carboxylic acids is 2. The van der Waals surface area contributed by atoms with Crippen molar-refractivity contribution < 1.29 is 19.1 Å². The van der Waals surface area contributed by atoms with E-state index in [1.165, 1.54) is 11.1 Å². The van der Waals surface area contributed by atoms with Crippen LogP contribution in [0.5, 0.6) is 5.75 Å². The maximum atomic E-state index is 14.7. The number of benzene rings is 1. The molecule has 4 aliphatic carbocycles. The average molecular weight is 682 g/mol. The Morgan fingerprint density at radius 3 is 2.26 bits per heavy atom. The molecule has 0 N–H and O–H groups in total. The summed E-state index contributed by atoms with van der Waals surface area (Å²) in [5, 5.41) is 4.64. The standard InChI is InChI=1S/C41H55N5O4/c1-28-24-44(25-28)38(48)50-34-10-7-30(8-11-34)37(47)45(36-22-31(13-20-42-36)32-23-43-46(26-32)39(3,4)5)27-40-14-17-41(18-15-40,19-16-40)33-9-12-35(49-6)29(2)21-33/h9,12-13,20-23,26,28,30,34H,7-8,10-11,14-19,24-25,27H2,1-6H3. The molecule has 0 spiro atoms. The fourth-order valence-electron chi connectivity index (χ4n) is 9.05. The summed E-state index contributed by atoms with van der Waals surface area (Å²) < 4.78 is 13.4. The first-order chi connectivity index (χ1) is 23.9. The largest absolute Gasteiger partial charge is 0.496 e. The van der Waals surface area contributed by atoms with E-state index in [1.807, 2.05) is 28.0 Å². The lowest BCUT2D eigenvalue weighted by molar-refractivity contribution is -0.124. The number of ether oxygens (including phenoxy) is 2. The van der Waals surface area contributed by atoms with Gasteiger partial charge >= 0.3 is 6.09 Å². The van der Waals surface area contributed by atoms with Gasteiger partial charge in [0.25, 0.3) is 0 Å². The van der Waals surface area contributed by atoms with E-state index in [-0.39, 0.29) is 40.4 Å². The van der Waals surface area contributed by atoms with E-state index in [0.717, 1.165) is 74.3 Å².